The summed E-state index contributed by atoms with van der Waals surface area (Å²) in [4.78, 5) is 4.18. The first kappa shape index (κ1) is 4.54. The summed E-state index contributed by atoms with van der Waals surface area (Å²) in [6.45, 7) is 3.39. The van der Waals surface area contributed by atoms with E-state index in [1.807, 2.05) is 0 Å². The molecule has 1 heteroatoms. The molecule has 1 aliphatic carbocycles. The van der Waals surface area contributed by atoms with E-state index in [0.29, 0.717) is 0 Å². The van der Waals surface area contributed by atoms with Crippen LogP contribution < -0.4 is 0 Å². The third-order valence-corrected chi connectivity index (χ3v) is 2.20. The summed E-state index contributed by atoms with van der Waals surface area (Å²) in [5.41, 5.74) is 1.48. The second-order valence-electron chi connectivity index (χ2n) is 2.93. The summed E-state index contributed by atoms with van der Waals surface area (Å²) in [6.07, 6.45) is 2.92. The first-order valence-corrected chi connectivity index (χ1v) is 3.41. The molecule has 0 spiro atoms. The summed E-state index contributed by atoms with van der Waals surface area (Å²) in [5.74, 6) is 1.87. The van der Waals surface area contributed by atoms with Crippen LogP contribution in [0.1, 0.15) is 19.8 Å². The third kappa shape index (κ3) is 0.662. The van der Waals surface area contributed by atoms with Gasteiger partial charge in [0.1, 0.15) is 0 Å². The molecule has 0 amide bonds. The van der Waals surface area contributed by atoms with Crippen molar-refractivity contribution in [3.05, 3.63) is 0 Å². The molecule has 0 aromatic heterocycles. The minimum atomic E-state index is 0.843. The van der Waals surface area contributed by atoms with Crippen molar-refractivity contribution in [2.24, 2.45) is 16.8 Å². The summed E-state index contributed by atoms with van der Waals surface area (Å²) in [6, 6.07) is 0. The Kier molecular flexibility index (Phi) is 0.758. The molecule has 0 aromatic rings. The number of nitrogens with zero attached hydrogens (tertiary/aromatic N) is 1. The Morgan fingerprint density at radius 1 is 1.62 bits per heavy atom. The number of hydrogen-bond acceptors (Lipinski definition) is 1. The maximum absolute atomic E-state index is 4.18. The predicted molar refractivity (Wildman–Crippen MR) is 34.2 cm³/mol. The first-order chi connectivity index (χ1) is 3.88. The minimum absolute atomic E-state index is 0.843. The van der Waals surface area contributed by atoms with E-state index in [0.717, 1.165) is 18.4 Å². The van der Waals surface area contributed by atoms with E-state index in [2.05, 4.69) is 11.9 Å². The molecule has 1 fully saturated rings. The molecule has 1 heterocycles. The molecule has 1 aliphatic heterocycles. The highest BCUT2D eigenvalue weighted by Crippen LogP contribution is 2.38. The fourth-order valence-electron chi connectivity index (χ4n) is 1.20. The maximum Gasteiger partial charge on any atom is 0.0771 e. The smallest absolute Gasteiger partial charge is 0.0771 e. The lowest BCUT2D eigenvalue weighted by Gasteiger charge is -1.98. The molecule has 1 nitrogen and oxygen atoms in total. The molecule has 0 saturated heterocycles. The Hall–Kier alpha value is -0.330. The fraction of sp³-hybridized carbons (Fsp3) is 0.857. The Morgan fingerprint density at radius 2 is 2.25 bits per heavy atom. The summed E-state index contributed by atoms with van der Waals surface area (Å²) in [7, 11) is 0. The van der Waals surface area contributed by atoms with Gasteiger partial charge in [-0.15, -0.1) is 0 Å². The third-order valence-electron chi connectivity index (χ3n) is 2.20. The highest BCUT2D eigenvalue weighted by atomic mass is 14.9. The van der Waals surface area contributed by atoms with Crippen LogP contribution in [0.2, 0.25) is 0 Å². The van der Waals surface area contributed by atoms with Crippen molar-refractivity contribution in [1.82, 2.24) is 0 Å². The Labute approximate surface area is 49.8 Å². The van der Waals surface area contributed by atoms with E-state index in [4.69, 9.17) is 0 Å². The molecule has 1 atom stereocenters. The van der Waals surface area contributed by atoms with Gasteiger partial charge in [0.2, 0.25) is 0 Å². The van der Waals surface area contributed by atoms with Crippen LogP contribution in [0.15, 0.2) is 4.99 Å². The topological polar surface area (TPSA) is 12.4 Å². The predicted octanol–water partition coefficient (Wildman–Crippen LogP) is 1.49. The fourth-order valence-corrected chi connectivity index (χ4v) is 1.20. The van der Waals surface area contributed by atoms with Gasteiger partial charge in [-0.1, -0.05) is 6.92 Å². The van der Waals surface area contributed by atoms with E-state index in [-0.39, 0.29) is 0 Å². The van der Waals surface area contributed by atoms with Crippen molar-refractivity contribution in [2.45, 2.75) is 19.8 Å². The monoisotopic (exact) mass is 109 g/mol. The van der Waals surface area contributed by atoms with Gasteiger partial charge < -0.3 is 0 Å². The second kappa shape index (κ2) is 1.34. The highest BCUT2D eigenvalue weighted by molar-refractivity contribution is 5.98. The van der Waals surface area contributed by atoms with Crippen molar-refractivity contribution in [1.29, 1.82) is 0 Å². The van der Waals surface area contributed by atoms with Gasteiger partial charge in [0, 0.05) is 5.71 Å². The second-order valence-corrected chi connectivity index (χ2v) is 2.93. The highest BCUT2D eigenvalue weighted by Gasteiger charge is 2.33. The zero-order chi connectivity index (χ0) is 5.56. The van der Waals surface area contributed by atoms with Crippen LogP contribution in [0.25, 0.3) is 0 Å². The summed E-state index contributed by atoms with van der Waals surface area (Å²) >= 11 is 0. The quantitative estimate of drug-likeness (QED) is 0.509. The van der Waals surface area contributed by atoms with Crippen LogP contribution in [0.4, 0.5) is 0 Å². The molecule has 0 N–H and O–H groups in total. The molecule has 0 aromatic carbocycles. The lowest BCUT2D eigenvalue weighted by Crippen LogP contribution is -2.02. The maximum atomic E-state index is 4.18. The average Bonchev–Trinajstić information content (AvgIpc) is 2.63. The van der Waals surface area contributed by atoms with E-state index in [9.17, 15) is 0 Å². The SMILES string of the molecule is CC(C1=NC1)C1CC1. The van der Waals surface area contributed by atoms with Crippen LogP contribution in [0.3, 0.4) is 0 Å². The van der Waals surface area contributed by atoms with E-state index < -0.39 is 0 Å². The summed E-state index contributed by atoms with van der Waals surface area (Å²) in [5, 5.41) is 0. The van der Waals surface area contributed by atoms with Gasteiger partial charge in [-0.2, -0.15) is 0 Å². The van der Waals surface area contributed by atoms with Gasteiger partial charge in [-0.3, -0.25) is 4.99 Å². The van der Waals surface area contributed by atoms with Crippen LogP contribution in [0, 0.1) is 11.8 Å². The van der Waals surface area contributed by atoms with Gasteiger partial charge in [0.25, 0.3) is 0 Å². The number of aliphatic imine (C=N–C) groups is 1. The molecule has 44 valence electrons. The Bertz CT molecular complexity index is 133. The van der Waals surface area contributed by atoms with Crippen LogP contribution in [0.5, 0.6) is 0 Å². The van der Waals surface area contributed by atoms with Crippen LogP contribution >= 0.6 is 0 Å². The molecule has 2 aliphatic rings. The lowest BCUT2D eigenvalue weighted by molar-refractivity contribution is 0.675. The van der Waals surface area contributed by atoms with Gasteiger partial charge in [0.15, 0.2) is 0 Å². The minimum Gasteiger partial charge on any atom is -0.286 e. The standard InChI is InChI=1S/C7H11N/c1-5(6-2-3-6)7-4-8-7/h5-6H,2-4H2,1H3. The zero-order valence-corrected chi connectivity index (χ0v) is 5.22. The molecular weight excluding hydrogens is 98.1 g/mol. The van der Waals surface area contributed by atoms with Crippen molar-refractivity contribution in [3.63, 3.8) is 0 Å². The van der Waals surface area contributed by atoms with Crippen molar-refractivity contribution >= 4 is 5.71 Å². The van der Waals surface area contributed by atoms with Gasteiger partial charge in [-0.25, -0.2) is 0 Å². The molecule has 1 saturated carbocycles. The Morgan fingerprint density at radius 3 is 2.62 bits per heavy atom. The van der Waals surface area contributed by atoms with E-state index >= 15 is 0 Å². The lowest BCUT2D eigenvalue weighted by atomic mass is 10.0. The molecule has 0 radical (unpaired) electrons. The van der Waals surface area contributed by atoms with Gasteiger partial charge >= 0.3 is 0 Å². The van der Waals surface area contributed by atoms with Crippen molar-refractivity contribution in [2.75, 3.05) is 6.54 Å². The van der Waals surface area contributed by atoms with Crippen molar-refractivity contribution in [3.8, 4) is 0 Å². The average molecular weight is 109 g/mol. The summed E-state index contributed by atoms with van der Waals surface area (Å²) < 4.78 is 0. The zero-order valence-electron chi connectivity index (χ0n) is 5.22. The number of hydrogen-bond donors (Lipinski definition) is 0. The number of rotatable bonds is 2. The van der Waals surface area contributed by atoms with E-state index in [1.54, 1.807) is 0 Å². The van der Waals surface area contributed by atoms with Crippen LogP contribution in [-0.2, 0) is 0 Å². The molecule has 0 bridgehead atoms. The van der Waals surface area contributed by atoms with Crippen LogP contribution in [-0.4, -0.2) is 12.3 Å². The van der Waals surface area contributed by atoms with E-state index in [1.165, 1.54) is 18.6 Å². The first-order valence-electron chi connectivity index (χ1n) is 3.41. The molecular formula is C7H11N. The Balaban J connectivity index is 1.93. The molecule has 8 heavy (non-hydrogen) atoms. The van der Waals surface area contributed by atoms with Gasteiger partial charge in [-0.05, 0) is 24.7 Å². The van der Waals surface area contributed by atoms with Crippen molar-refractivity contribution < 1.29 is 0 Å². The molecule has 1 unspecified atom stereocenters. The molecule has 2 rings (SSSR count). The normalized spacial score (nSPS) is 29.4. The largest absolute Gasteiger partial charge is 0.286 e. The van der Waals surface area contributed by atoms with Gasteiger partial charge in [0.05, 0.1) is 6.54 Å².